The minimum atomic E-state index is -0.144. The second-order valence-corrected chi connectivity index (χ2v) is 8.99. The number of amides is 1. The van der Waals surface area contributed by atoms with Crippen LogP contribution < -0.4 is 0 Å². The Balaban J connectivity index is 1.63. The molecule has 2 aromatic carbocycles. The summed E-state index contributed by atoms with van der Waals surface area (Å²) in [7, 11) is 1.90. The van der Waals surface area contributed by atoms with E-state index in [4.69, 9.17) is 4.74 Å². The molecule has 0 aliphatic carbocycles. The molecular weight excluding hydrogens is 374 g/mol. The predicted octanol–water partition coefficient (Wildman–Crippen LogP) is 4.72. The van der Waals surface area contributed by atoms with Gasteiger partial charge >= 0.3 is 0 Å². The molecule has 0 N–H and O–H groups in total. The van der Waals surface area contributed by atoms with Crippen molar-refractivity contribution >= 4 is 5.91 Å². The van der Waals surface area contributed by atoms with Crippen LogP contribution in [0.1, 0.15) is 42.9 Å². The molecule has 1 aromatic heterocycles. The van der Waals surface area contributed by atoms with Gasteiger partial charge in [0.2, 0.25) is 0 Å². The minimum absolute atomic E-state index is 0.00865. The first-order valence-electron chi connectivity index (χ1n) is 10.4. The van der Waals surface area contributed by atoms with Crippen LogP contribution >= 0.6 is 0 Å². The maximum Gasteiger partial charge on any atom is 0.272 e. The third kappa shape index (κ3) is 4.03. The fourth-order valence-corrected chi connectivity index (χ4v) is 3.88. The van der Waals surface area contributed by atoms with Gasteiger partial charge in [-0.15, -0.1) is 0 Å². The Morgan fingerprint density at radius 1 is 1.00 bits per heavy atom. The molecule has 156 valence electrons. The van der Waals surface area contributed by atoms with E-state index in [1.165, 1.54) is 0 Å². The van der Waals surface area contributed by atoms with Crippen molar-refractivity contribution in [3.63, 3.8) is 0 Å². The van der Waals surface area contributed by atoms with Crippen molar-refractivity contribution in [3.05, 3.63) is 78.1 Å². The fourth-order valence-electron chi connectivity index (χ4n) is 3.88. The molecule has 0 saturated carbocycles. The zero-order chi connectivity index (χ0) is 21.3. The Labute approximate surface area is 178 Å². The quantitative estimate of drug-likeness (QED) is 0.636. The third-order valence-corrected chi connectivity index (χ3v) is 5.76. The topological polar surface area (TPSA) is 47.4 Å². The Kier molecular flexibility index (Phi) is 5.48. The van der Waals surface area contributed by atoms with Crippen molar-refractivity contribution in [2.45, 2.75) is 33.0 Å². The number of rotatable bonds is 3. The van der Waals surface area contributed by atoms with Crippen LogP contribution in [0.15, 0.2) is 66.9 Å². The molecule has 5 nitrogen and oxygen atoms in total. The summed E-state index contributed by atoms with van der Waals surface area (Å²) in [6, 6.07) is 20.1. The molecule has 1 saturated heterocycles. The average molecular weight is 404 g/mol. The largest absolute Gasteiger partial charge is 0.366 e. The smallest absolute Gasteiger partial charge is 0.272 e. The lowest BCUT2D eigenvalue weighted by Crippen LogP contribution is -2.51. The number of benzene rings is 2. The van der Waals surface area contributed by atoms with Crippen LogP contribution in [0.3, 0.4) is 0 Å². The molecule has 0 spiro atoms. The Hall–Kier alpha value is -2.92. The number of hydrogen-bond donors (Lipinski definition) is 0. The van der Waals surface area contributed by atoms with Crippen LogP contribution in [-0.4, -0.2) is 39.6 Å². The SMILES string of the molecule is Cn1c(C(=O)N2C[C@@H](c3ccccc3)O[C@@H](C(C)(C)C)C2)cnc1-c1ccccc1. The number of aromatic nitrogens is 2. The standard InChI is InChI=1S/C25H29N3O2/c1-25(2,3)22-17-28(16-21(30-22)18-11-7-5-8-12-18)24(29)20-15-26-23(27(20)4)19-13-9-6-10-14-19/h5-15,21-22H,16-17H2,1-4H3/t21-,22+/m0/s1. The van der Waals surface area contributed by atoms with E-state index in [-0.39, 0.29) is 23.5 Å². The molecule has 1 aliphatic heterocycles. The lowest BCUT2D eigenvalue weighted by Gasteiger charge is -2.43. The van der Waals surface area contributed by atoms with E-state index in [1.807, 2.05) is 65.0 Å². The molecule has 1 fully saturated rings. The van der Waals surface area contributed by atoms with Gasteiger partial charge in [0.25, 0.3) is 5.91 Å². The molecule has 0 bridgehead atoms. The number of carbonyl (C=O) groups is 1. The summed E-state index contributed by atoms with van der Waals surface area (Å²) in [5, 5.41) is 0. The highest BCUT2D eigenvalue weighted by Gasteiger charge is 2.38. The van der Waals surface area contributed by atoms with Gasteiger partial charge in [0.05, 0.1) is 18.8 Å². The maximum absolute atomic E-state index is 13.5. The van der Waals surface area contributed by atoms with Gasteiger partial charge in [0.1, 0.15) is 17.6 Å². The summed E-state index contributed by atoms with van der Waals surface area (Å²) in [4.78, 5) is 20.0. The van der Waals surface area contributed by atoms with Crippen molar-refractivity contribution < 1.29 is 9.53 Å². The number of hydrogen-bond acceptors (Lipinski definition) is 3. The van der Waals surface area contributed by atoms with Crippen LogP contribution in [0.4, 0.5) is 0 Å². The highest BCUT2D eigenvalue weighted by Crippen LogP contribution is 2.34. The lowest BCUT2D eigenvalue weighted by atomic mass is 9.87. The van der Waals surface area contributed by atoms with E-state index in [0.717, 1.165) is 17.0 Å². The summed E-state index contributed by atoms with van der Waals surface area (Å²) in [6.45, 7) is 7.57. The molecular formula is C25H29N3O2. The van der Waals surface area contributed by atoms with E-state index in [0.29, 0.717) is 18.8 Å². The monoisotopic (exact) mass is 403 g/mol. The van der Waals surface area contributed by atoms with E-state index in [1.54, 1.807) is 6.20 Å². The zero-order valence-electron chi connectivity index (χ0n) is 18.1. The molecule has 3 aromatic rings. The number of carbonyl (C=O) groups excluding carboxylic acids is 1. The van der Waals surface area contributed by atoms with Gasteiger partial charge in [-0.3, -0.25) is 4.79 Å². The van der Waals surface area contributed by atoms with E-state index in [2.05, 4.69) is 37.9 Å². The first-order valence-corrected chi connectivity index (χ1v) is 10.4. The first kappa shape index (κ1) is 20.4. The van der Waals surface area contributed by atoms with E-state index in [9.17, 15) is 4.79 Å². The van der Waals surface area contributed by atoms with Gasteiger partial charge in [-0.1, -0.05) is 81.4 Å². The molecule has 2 heterocycles. The van der Waals surface area contributed by atoms with Crippen LogP contribution in [0, 0.1) is 5.41 Å². The molecule has 0 radical (unpaired) electrons. The maximum atomic E-state index is 13.5. The predicted molar refractivity (Wildman–Crippen MR) is 118 cm³/mol. The zero-order valence-corrected chi connectivity index (χ0v) is 18.1. The summed E-state index contributed by atoms with van der Waals surface area (Å²) in [5.41, 5.74) is 2.61. The third-order valence-electron chi connectivity index (χ3n) is 5.76. The van der Waals surface area contributed by atoms with Gasteiger partial charge in [-0.2, -0.15) is 0 Å². The second kappa shape index (κ2) is 8.07. The van der Waals surface area contributed by atoms with Crippen LogP contribution in [0.25, 0.3) is 11.4 Å². The number of nitrogens with zero attached hydrogens (tertiary/aromatic N) is 3. The number of imidazole rings is 1. The van der Waals surface area contributed by atoms with E-state index >= 15 is 0 Å². The average Bonchev–Trinajstić information content (AvgIpc) is 3.14. The van der Waals surface area contributed by atoms with Gasteiger partial charge < -0.3 is 14.2 Å². The first-order chi connectivity index (χ1) is 14.3. The molecule has 1 aliphatic rings. The van der Waals surface area contributed by atoms with Crippen molar-refractivity contribution in [3.8, 4) is 11.4 Å². The van der Waals surface area contributed by atoms with Gasteiger partial charge in [0.15, 0.2) is 0 Å². The van der Waals surface area contributed by atoms with Crippen molar-refractivity contribution in [2.24, 2.45) is 12.5 Å². The Morgan fingerprint density at radius 3 is 2.27 bits per heavy atom. The molecule has 5 heteroatoms. The van der Waals surface area contributed by atoms with E-state index < -0.39 is 0 Å². The molecule has 30 heavy (non-hydrogen) atoms. The van der Waals surface area contributed by atoms with Crippen LogP contribution in [0.2, 0.25) is 0 Å². The lowest BCUT2D eigenvalue weighted by molar-refractivity contribution is -0.119. The van der Waals surface area contributed by atoms with Gasteiger partial charge in [-0.25, -0.2) is 4.98 Å². The Morgan fingerprint density at radius 2 is 1.63 bits per heavy atom. The minimum Gasteiger partial charge on any atom is -0.366 e. The van der Waals surface area contributed by atoms with Crippen molar-refractivity contribution in [1.82, 2.24) is 14.5 Å². The van der Waals surface area contributed by atoms with Crippen LogP contribution in [-0.2, 0) is 11.8 Å². The number of ether oxygens (including phenoxy) is 1. The summed E-state index contributed by atoms with van der Waals surface area (Å²) < 4.78 is 8.33. The molecule has 2 atom stereocenters. The highest BCUT2D eigenvalue weighted by molar-refractivity contribution is 5.93. The molecule has 0 unspecified atom stereocenters. The second-order valence-electron chi connectivity index (χ2n) is 8.99. The molecule has 1 amide bonds. The normalized spacial score (nSPS) is 19.7. The Bertz CT molecular complexity index is 1010. The van der Waals surface area contributed by atoms with Crippen molar-refractivity contribution in [2.75, 3.05) is 13.1 Å². The van der Waals surface area contributed by atoms with Gasteiger partial charge in [0, 0.05) is 19.2 Å². The van der Waals surface area contributed by atoms with Crippen LogP contribution in [0.5, 0.6) is 0 Å². The summed E-state index contributed by atoms with van der Waals surface area (Å²) in [5.74, 6) is 0.782. The summed E-state index contributed by atoms with van der Waals surface area (Å²) >= 11 is 0. The highest BCUT2D eigenvalue weighted by atomic mass is 16.5. The van der Waals surface area contributed by atoms with Gasteiger partial charge in [-0.05, 0) is 11.0 Å². The number of morpholine rings is 1. The summed E-state index contributed by atoms with van der Waals surface area (Å²) in [6.07, 6.45) is 1.49. The molecule has 4 rings (SSSR count). The fraction of sp³-hybridized carbons (Fsp3) is 0.360. The van der Waals surface area contributed by atoms with Crippen molar-refractivity contribution in [1.29, 1.82) is 0 Å².